The number of thiazole rings is 4. The van der Waals surface area contributed by atoms with Crippen LogP contribution in [0.4, 0.5) is 0 Å². The van der Waals surface area contributed by atoms with Gasteiger partial charge < -0.3 is 0 Å². The van der Waals surface area contributed by atoms with Crippen LogP contribution in [0.15, 0.2) is 97.3 Å². The molecule has 0 radical (unpaired) electrons. The predicted molar refractivity (Wildman–Crippen MR) is 163 cm³/mol. The van der Waals surface area contributed by atoms with Gasteiger partial charge in [-0.3, -0.25) is 0 Å². The van der Waals surface area contributed by atoms with Gasteiger partial charge in [0.05, 0.1) is 30.2 Å². The van der Waals surface area contributed by atoms with Crippen molar-refractivity contribution >= 4 is 76.6 Å². The molecule has 0 N–H and O–H groups in total. The Labute approximate surface area is 233 Å². The minimum atomic E-state index is 0.958. The Morgan fingerprint density at radius 2 is 0.895 bits per heavy atom. The van der Waals surface area contributed by atoms with Gasteiger partial charge in [0.1, 0.15) is 0 Å². The van der Waals surface area contributed by atoms with Crippen molar-refractivity contribution in [2.24, 2.45) is 0 Å². The lowest BCUT2D eigenvalue weighted by atomic mass is 10.1. The van der Waals surface area contributed by atoms with Crippen molar-refractivity contribution in [3.63, 3.8) is 0 Å². The molecule has 4 aromatic carbocycles. The number of hydrogen-bond donors (Lipinski definition) is 0. The fourth-order valence-electron chi connectivity index (χ4n) is 4.50. The Morgan fingerprint density at radius 1 is 0.447 bits per heavy atom. The van der Waals surface area contributed by atoms with Gasteiger partial charge in [-0.05, 0) is 46.2 Å². The summed E-state index contributed by atoms with van der Waals surface area (Å²) in [5.41, 5.74) is 4.38. The molecule has 0 amide bonds. The molecule has 0 spiro atoms. The summed E-state index contributed by atoms with van der Waals surface area (Å²) >= 11 is 6.76. The van der Waals surface area contributed by atoms with Crippen LogP contribution in [-0.2, 0) is 0 Å². The lowest BCUT2D eigenvalue weighted by Crippen LogP contribution is -1.76. The first-order chi connectivity index (χ1) is 18.8. The second-order valence-corrected chi connectivity index (χ2v) is 12.9. The Balaban J connectivity index is 1.15. The Morgan fingerprint density at radius 3 is 1.34 bits per heavy atom. The molecule has 0 aliphatic carbocycles. The summed E-state index contributed by atoms with van der Waals surface area (Å²) in [5.74, 6) is 0. The van der Waals surface area contributed by atoms with Crippen LogP contribution in [0.2, 0.25) is 0 Å². The second-order valence-electron chi connectivity index (χ2n) is 8.82. The van der Waals surface area contributed by atoms with Crippen molar-refractivity contribution in [1.29, 1.82) is 0 Å². The van der Waals surface area contributed by atoms with Gasteiger partial charge >= 0.3 is 0 Å². The molecule has 8 heteroatoms. The molecule has 8 rings (SSSR count). The van der Waals surface area contributed by atoms with Crippen LogP contribution in [0.5, 0.6) is 0 Å². The highest BCUT2D eigenvalue weighted by atomic mass is 32.1. The molecule has 4 nitrogen and oxygen atoms in total. The van der Waals surface area contributed by atoms with E-state index in [4.69, 9.17) is 9.97 Å². The zero-order valence-corrected chi connectivity index (χ0v) is 22.9. The highest BCUT2D eigenvalue weighted by molar-refractivity contribution is 7.27. The van der Waals surface area contributed by atoms with Gasteiger partial charge in [-0.2, -0.15) is 0 Å². The number of fused-ring (bicyclic) bond motifs is 3. The van der Waals surface area contributed by atoms with Gasteiger partial charge in [-0.25, -0.2) is 19.9 Å². The summed E-state index contributed by atoms with van der Waals surface area (Å²) in [6.07, 6.45) is 3.89. The Hall–Kier alpha value is -3.82. The standard InChI is InChI=1S/C30H16N4S4/c1-3-7-17(8-4-1)25-15-31-27(37-25)29-33-21-11-19-14-24-22(12-20(19)13-23(21)35-29)34-30(36-24)28-32-16-26(38-28)18-9-5-2-6-10-18/h1-16H. The fraction of sp³-hybridized carbons (Fsp3) is 0. The highest BCUT2D eigenvalue weighted by Crippen LogP contribution is 2.40. The van der Waals surface area contributed by atoms with E-state index in [1.54, 1.807) is 45.3 Å². The van der Waals surface area contributed by atoms with E-state index >= 15 is 0 Å². The fourth-order valence-corrected chi connectivity index (χ4v) is 8.38. The van der Waals surface area contributed by atoms with E-state index in [2.05, 4.69) is 82.8 Å². The maximum atomic E-state index is 4.95. The highest BCUT2D eigenvalue weighted by Gasteiger charge is 2.15. The quantitative estimate of drug-likeness (QED) is 0.215. The van der Waals surface area contributed by atoms with E-state index < -0.39 is 0 Å². The second kappa shape index (κ2) is 8.89. The molecule has 0 fully saturated rings. The summed E-state index contributed by atoms with van der Waals surface area (Å²) in [7, 11) is 0. The first-order valence-corrected chi connectivity index (χ1v) is 15.2. The molecule has 0 bridgehead atoms. The molecule has 4 aromatic heterocycles. The first-order valence-electron chi connectivity index (χ1n) is 11.9. The molecule has 180 valence electrons. The molecule has 0 aliphatic rings. The zero-order valence-electron chi connectivity index (χ0n) is 19.7. The van der Waals surface area contributed by atoms with E-state index in [0.29, 0.717) is 0 Å². The minimum absolute atomic E-state index is 0.958. The molecule has 0 saturated heterocycles. The topological polar surface area (TPSA) is 51.6 Å². The molecule has 0 atom stereocenters. The molecule has 0 aliphatic heterocycles. The first kappa shape index (κ1) is 22.2. The van der Waals surface area contributed by atoms with Crippen molar-refractivity contribution < 1.29 is 0 Å². The Kier molecular flexibility index (Phi) is 5.19. The van der Waals surface area contributed by atoms with Crippen molar-refractivity contribution in [3.05, 3.63) is 97.3 Å². The molecule has 0 unspecified atom stereocenters. The van der Waals surface area contributed by atoms with Gasteiger partial charge in [0, 0.05) is 12.4 Å². The van der Waals surface area contributed by atoms with Crippen LogP contribution in [0, 0.1) is 0 Å². The maximum Gasteiger partial charge on any atom is 0.153 e. The molecule has 38 heavy (non-hydrogen) atoms. The summed E-state index contributed by atoms with van der Waals surface area (Å²) in [4.78, 5) is 21.6. The van der Waals surface area contributed by atoms with Crippen LogP contribution >= 0.6 is 45.3 Å². The van der Waals surface area contributed by atoms with Crippen LogP contribution in [0.3, 0.4) is 0 Å². The molecule has 4 heterocycles. The predicted octanol–water partition coefficient (Wildman–Crippen LogP) is 9.64. The van der Waals surface area contributed by atoms with Crippen LogP contribution in [-0.4, -0.2) is 19.9 Å². The number of aromatic nitrogens is 4. The monoisotopic (exact) mass is 560 g/mol. The summed E-state index contributed by atoms with van der Waals surface area (Å²) < 4.78 is 2.32. The van der Waals surface area contributed by atoms with Crippen LogP contribution in [0.1, 0.15) is 0 Å². The molecular formula is C30H16N4S4. The third-order valence-corrected chi connectivity index (χ3v) is 10.8. The summed E-state index contributed by atoms with van der Waals surface area (Å²) in [6.45, 7) is 0. The van der Waals surface area contributed by atoms with E-state index in [9.17, 15) is 0 Å². The van der Waals surface area contributed by atoms with Crippen LogP contribution in [0.25, 0.3) is 72.1 Å². The van der Waals surface area contributed by atoms with E-state index in [1.165, 1.54) is 21.9 Å². The number of nitrogens with zero attached hydrogens (tertiary/aromatic N) is 4. The average molecular weight is 561 g/mol. The van der Waals surface area contributed by atoms with Gasteiger partial charge in [0.15, 0.2) is 20.0 Å². The van der Waals surface area contributed by atoms with Crippen LogP contribution < -0.4 is 0 Å². The lowest BCUT2D eigenvalue weighted by molar-refractivity contribution is 1.38. The van der Waals surface area contributed by atoms with Gasteiger partial charge in [-0.15, -0.1) is 45.3 Å². The summed E-state index contributed by atoms with van der Waals surface area (Å²) in [5, 5.41) is 6.18. The number of rotatable bonds is 4. The van der Waals surface area contributed by atoms with Crippen molar-refractivity contribution in [2.75, 3.05) is 0 Å². The third kappa shape index (κ3) is 3.85. The third-order valence-electron chi connectivity index (χ3n) is 6.35. The van der Waals surface area contributed by atoms with E-state index in [0.717, 1.165) is 50.2 Å². The largest absolute Gasteiger partial charge is 0.241 e. The van der Waals surface area contributed by atoms with Crippen molar-refractivity contribution in [2.45, 2.75) is 0 Å². The zero-order chi connectivity index (χ0) is 25.1. The van der Waals surface area contributed by atoms with E-state index in [-0.39, 0.29) is 0 Å². The SMILES string of the molecule is c1ccc(-c2cnc(-c3nc4cc5cc6sc(-c7ncc(-c8ccccc8)s7)nc6cc5cc4s3)s2)cc1. The molecular weight excluding hydrogens is 545 g/mol. The molecule has 0 saturated carbocycles. The number of hydrogen-bond acceptors (Lipinski definition) is 8. The normalized spacial score (nSPS) is 11.7. The minimum Gasteiger partial charge on any atom is -0.241 e. The van der Waals surface area contributed by atoms with Gasteiger partial charge in [0.2, 0.25) is 0 Å². The van der Waals surface area contributed by atoms with Crippen molar-refractivity contribution in [1.82, 2.24) is 19.9 Å². The van der Waals surface area contributed by atoms with Gasteiger partial charge in [0.25, 0.3) is 0 Å². The molecule has 8 aromatic rings. The Bertz CT molecular complexity index is 1870. The van der Waals surface area contributed by atoms with Crippen molar-refractivity contribution in [3.8, 4) is 40.9 Å². The summed E-state index contributed by atoms with van der Waals surface area (Å²) in [6, 6.07) is 29.6. The average Bonchev–Trinajstić information content (AvgIpc) is 3.76. The lowest BCUT2D eigenvalue weighted by Gasteiger charge is -1.97. The smallest absolute Gasteiger partial charge is 0.153 e. The van der Waals surface area contributed by atoms with E-state index in [1.807, 2.05) is 24.5 Å². The van der Waals surface area contributed by atoms with Gasteiger partial charge in [-0.1, -0.05) is 60.7 Å². The number of benzene rings is 4. The maximum absolute atomic E-state index is 4.95.